The fourth-order valence-electron chi connectivity index (χ4n) is 3.73. The van der Waals surface area contributed by atoms with Gasteiger partial charge in [-0.05, 0) is 74.2 Å². The molecule has 0 aliphatic heterocycles. The Kier molecular flexibility index (Phi) is 4.49. The van der Waals surface area contributed by atoms with Crippen LogP contribution in [-0.2, 0) is 4.79 Å². The van der Waals surface area contributed by atoms with E-state index in [0.717, 1.165) is 41.0 Å². The van der Waals surface area contributed by atoms with Gasteiger partial charge in [-0.1, -0.05) is 19.3 Å². The van der Waals surface area contributed by atoms with E-state index in [1.807, 2.05) is 24.3 Å². The molecular formula is C22H25N3O. The third-order valence-corrected chi connectivity index (χ3v) is 5.50. The van der Waals surface area contributed by atoms with Crippen molar-refractivity contribution in [2.75, 3.05) is 5.32 Å². The fourth-order valence-corrected chi connectivity index (χ4v) is 3.73. The van der Waals surface area contributed by atoms with Gasteiger partial charge in [-0.15, -0.1) is 0 Å². The first kappa shape index (κ1) is 16.8. The first-order valence-corrected chi connectivity index (χ1v) is 9.48. The van der Waals surface area contributed by atoms with Crippen LogP contribution in [0.2, 0.25) is 0 Å². The van der Waals surface area contributed by atoms with Crippen LogP contribution in [0.15, 0.2) is 36.4 Å². The Labute approximate surface area is 154 Å². The van der Waals surface area contributed by atoms with Crippen LogP contribution in [0.25, 0.3) is 22.4 Å². The first-order chi connectivity index (χ1) is 12.6. The average molecular weight is 347 g/mol. The summed E-state index contributed by atoms with van der Waals surface area (Å²) in [5.74, 6) is 1.19. The fraction of sp³-hybridized carbons (Fsp3) is 0.364. The van der Waals surface area contributed by atoms with E-state index in [1.165, 1.54) is 30.4 Å². The quantitative estimate of drug-likeness (QED) is 0.669. The number of imidazole rings is 1. The minimum atomic E-state index is 0.159. The van der Waals surface area contributed by atoms with E-state index in [2.05, 4.69) is 36.3 Å². The maximum absolute atomic E-state index is 12.4. The smallest absolute Gasteiger partial charge is 0.227 e. The average Bonchev–Trinajstić information content (AvgIpc) is 3.06. The number of H-pyrrole nitrogens is 1. The Bertz CT molecular complexity index is 895. The Morgan fingerprint density at radius 2 is 1.73 bits per heavy atom. The number of aromatic nitrogens is 2. The number of rotatable bonds is 3. The maximum Gasteiger partial charge on any atom is 0.227 e. The number of benzene rings is 2. The van der Waals surface area contributed by atoms with Gasteiger partial charge < -0.3 is 10.3 Å². The summed E-state index contributed by atoms with van der Waals surface area (Å²) in [7, 11) is 0. The zero-order valence-corrected chi connectivity index (χ0v) is 15.4. The maximum atomic E-state index is 12.4. The van der Waals surface area contributed by atoms with Crippen LogP contribution < -0.4 is 5.32 Å². The second-order valence-electron chi connectivity index (χ2n) is 7.44. The van der Waals surface area contributed by atoms with Crippen molar-refractivity contribution >= 4 is 22.6 Å². The summed E-state index contributed by atoms with van der Waals surface area (Å²) in [4.78, 5) is 20.5. The second-order valence-corrected chi connectivity index (χ2v) is 7.44. The molecule has 0 bridgehead atoms. The van der Waals surface area contributed by atoms with Gasteiger partial charge in [0.15, 0.2) is 0 Å². The van der Waals surface area contributed by atoms with Gasteiger partial charge in [-0.25, -0.2) is 4.98 Å². The molecule has 4 rings (SSSR count). The molecule has 1 heterocycles. The van der Waals surface area contributed by atoms with Gasteiger partial charge in [-0.2, -0.15) is 0 Å². The number of amides is 1. The third kappa shape index (κ3) is 3.36. The molecule has 1 aromatic heterocycles. The molecule has 1 fully saturated rings. The van der Waals surface area contributed by atoms with Crippen molar-refractivity contribution in [2.45, 2.75) is 46.0 Å². The van der Waals surface area contributed by atoms with Gasteiger partial charge in [0.25, 0.3) is 0 Å². The summed E-state index contributed by atoms with van der Waals surface area (Å²) in [5, 5.41) is 3.06. The van der Waals surface area contributed by atoms with Gasteiger partial charge >= 0.3 is 0 Å². The molecule has 4 heteroatoms. The minimum Gasteiger partial charge on any atom is -0.338 e. The number of fused-ring (bicyclic) bond motifs is 1. The topological polar surface area (TPSA) is 57.8 Å². The summed E-state index contributed by atoms with van der Waals surface area (Å²) in [6.07, 6.45) is 5.63. The molecule has 4 nitrogen and oxygen atoms in total. The van der Waals surface area contributed by atoms with E-state index in [4.69, 9.17) is 4.98 Å². The van der Waals surface area contributed by atoms with Crippen LogP contribution >= 0.6 is 0 Å². The second kappa shape index (κ2) is 6.94. The lowest BCUT2D eigenvalue weighted by atomic mass is 9.88. The van der Waals surface area contributed by atoms with E-state index < -0.39 is 0 Å². The molecule has 1 aliphatic carbocycles. The molecule has 0 spiro atoms. The molecule has 2 N–H and O–H groups in total. The minimum absolute atomic E-state index is 0.159. The predicted molar refractivity (Wildman–Crippen MR) is 106 cm³/mol. The van der Waals surface area contributed by atoms with Crippen molar-refractivity contribution in [3.05, 3.63) is 47.5 Å². The van der Waals surface area contributed by atoms with Crippen LogP contribution in [-0.4, -0.2) is 15.9 Å². The van der Waals surface area contributed by atoms with Crippen LogP contribution in [0.1, 0.15) is 43.2 Å². The van der Waals surface area contributed by atoms with Gasteiger partial charge in [0.1, 0.15) is 5.82 Å². The lowest BCUT2D eigenvalue weighted by molar-refractivity contribution is -0.120. The van der Waals surface area contributed by atoms with E-state index in [1.54, 1.807) is 0 Å². The summed E-state index contributed by atoms with van der Waals surface area (Å²) >= 11 is 0. The monoisotopic (exact) mass is 347 g/mol. The van der Waals surface area contributed by atoms with Crippen molar-refractivity contribution < 1.29 is 4.79 Å². The van der Waals surface area contributed by atoms with Crippen molar-refractivity contribution in [1.82, 2.24) is 9.97 Å². The van der Waals surface area contributed by atoms with Crippen LogP contribution in [0.4, 0.5) is 5.69 Å². The molecule has 134 valence electrons. The Morgan fingerprint density at radius 3 is 2.46 bits per heavy atom. The molecule has 3 aromatic rings. The highest BCUT2D eigenvalue weighted by atomic mass is 16.1. The first-order valence-electron chi connectivity index (χ1n) is 9.48. The van der Waals surface area contributed by atoms with E-state index in [-0.39, 0.29) is 11.8 Å². The molecule has 1 saturated carbocycles. The highest BCUT2D eigenvalue weighted by molar-refractivity contribution is 5.92. The van der Waals surface area contributed by atoms with Gasteiger partial charge in [0.05, 0.1) is 11.0 Å². The van der Waals surface area contributed by atoms with Crippen LogP contribution in [0.5, 0.6) is 0 Å². The lowest BCUT2D eigenvalue weighted by Crippen LogP contribution is -2.24. The van der Waals surface area contributed by atoms with Crippen molar-refractivity contribution in [3.63, 3.8) is 0 Å². The SMILES string of the molecule is Cc1cc2nc(-c3ccc(NC(=O)C4CCCCC4)cc3)[nH]c2cc1C. The molecule has 1 aliphatic rings. The number of anilines is 1. The number of aryl methyl sites for hydroxylation is 2. The standard InChI is InChI=1S/C22H25N3O/c1-14-12-19-20(13-15(14)2)25-21(24-19)16-8-10-18(11-9-16)23-22(26)17-6-4-3-5-7-17/h8-13,17H,3-7H2,1-2H3,(H,23,26)(H,24,25). The van der Waals surface area contributed by atoms with E-state index in [9.17, 15) is 4.79 Å². The van der Waals surface area contributed by atoms with Crippen LogP contribution in [0.3, 0.4) is 0 Å². The zero-order chi connectivity index (χ0) is 18.1. The highest BCUT2D eigenvalue weighted by Gasteiger charge is 2.21. The predicted octanol–water partition coefficient (Wildman–Crippen LogP) is 5.37. The summed E-state index contributed by atoms with van der Waals surface area (Å²) in [6.45, 7) is 4.21. The largest absolute Gasteiger partial charge is 0.338 e. The molecule has 1 amide bonds. The van der Waals surface area contributed by atoms with Gasteiger partial charge in [0, 0.05) is 17.2 Å². The molecule has 26 heavy (non-hydrogen) atoms. The Balaban J connectivity index is 1.51. The molecular weight excluding hydrogens is 322 g/mol. The summed E-state index contributed by atoms with van der Waals surface area (Å²) in [5.41, 5.74) is 6.42. The zero-order valence-electron chi connectivity index (χ0n) is 15.4. The molecule has 2 aromatic carbocycles. The number of nitrogens with zero attached hydrogens (tertiary/aromatic N) is 1. The molecule has 0 atom stereocenters. The van der Waals surface area contributed by atoms with Crippen LogP contribution in [0, 0.1) is 19.8 Å². The number of nitrogens with one attached hydrogen (secondary N) is 2. The van der Waals surface area contributed by atoms with Gasteiger partial charge in [0.2, 0.25) is 5.91 Å². The van der Waals surface area contributed by atoms with Crippen molar-refractivity contribution in [1.29, 1.82) is 0 Å². The Hall–Kier alpha value is -2.62. The normalized spacial score (nSPS) is 15.3. The highest BCUT2D eigenvalue weighted by Crippen LogP contribution is 2.26. The number of carbonyl (C=O) groups excluding carboxylic acids is 1. The number of hydrogen-bond donors (Lipinski definition) is 2. The van der Waals surface area contributed by atoms with Gasteiger partial charge in [-0.3, -0.25) is 4.79 Å². The molecule has 0 saturated heterocycles. The lowest BCUT2D eigenvalue weighted by Gasteiger charge is -2.20. The summed E-state index contributed by atoms with van der Waals surface area (Å²) in [6, 6.07) is 12.2. The van der Waals surface area contributed by atoms with Crippen molar-refractivity contribution in [3.8, 4) is 11.4 Å². The molecule has 0 radical (unpaired) electrons. The Morgan fingerprint density at radius 1 is 1.04 bits per heavy atom. The number of carbonyl (C=O) groups is 1. The van der Waals surface area contributed by atoms with Crippen molar-refractivity contribution in [2.24, 2.45) is 5.92 Å². The van der Waals surface area contributed by atoms with E-state index in [0.29, 0.717) is 0 Å². The number of aromatic amines is 1. The third-order valence-electron chi connectivity index (χ3n) is 5.50. The number of hydrogen-bond acceptors (Lipinski definition) is 2. The molecule has 0 unspecified atom stereocenters. The summed E-state index contributed by atoms with van der Waals surface area (Å²) < 4.78 is 0. The van der Waals surface area contributed by atoms with E-state index >= 15 is 0 Å².